The molecule has 0 saturated carbocycles. The summed E-state index contributed by atoms with van der Waals surface area (Å²) in [5.41, 5.74) is 10.2. The van der Waals surface area contributed by atoms with Crippen LogP contribution in [-0.2, 0) is 11.2 Å². The van der Waals surface area contributed by atoms with Crippen LogP contribution >= 0.6 is 0 Å². The van der Waals surface area contributed by atoms with Crippen molar-refractivity contribution < 1.29 is 19.1 Å². The first-order chi connectivity index (χ1) is 16.4. The Morgan fingerprint density at radius 1 is 1.26 bits per heavy atom. The first-order valence-corrected chi connectivity index (χ1v) is 11.0. The summed E-state index contributed by atoms with van der Waals surface area (Å²) in [7, 11) is 1.57. The summed E-state index contributed by atoms with van der Waals surface area (Å²) in [5, 5.41) is 8.98. The van der Waals surface area contributed by atoms with Crippen LogP contribution in [0.1, 0.15) is 18.4 Å². The number of ether oxygens (including phenoxy) is 1. The van der Waals surface area contributed by atoms with Crippen molar-refractivity contribution in [3.63, 3.8) is 0 Å². The number of fused-ring (bicyclic) bond motifs is 2. The Hall–Kier alpha value is -3.92. The predicted octanol–water partition coefficient (Wildman–Crippen LogP) is 2.68. The maximum atomic E-state index is 11.1. The number of hydrogen-bond acceptors (Lipinski definition) is 8. The molecule has 1 aliphatic rings. The Morgan fingerprint density at radius 3 is 2.79 bits per heavy atom. The van der Waals surface area contributed by atoms with Gasteiger partial charge in [-0.05, 0) is 62.2 Å². The van der Waals surface area contributed by atoms with Crippen molar-refractivity contribution in [2.75, 3.05) is 32.5 Å². The number of methoxy groups -OCH3 is 1. The van der Waals surface area contributed by atoms with Crippen molar-refractivity contribution >= 4 is 33.8 Å². The number of pyridine rings is 2. The van der Waals surface area contributed by atoms with Crippen LogP contribution in [-0.4, -0.2) is 57.7 Å². The molecule has 0 aliphatic carbocycles. The largest absolute Gasteiger partial charge is 0.481 e. The molecule has 5 rings (SSSR count). The minimum absolute atomic E-state index is 0.186. The van der Waals surface area contributed by atoms with Crippen LogP contribution in [0.25, 0.3) is 22.1 Å². The number of carbonyl (C=O) groups is 1. The minimum atomic E-state index is -0.677. The van der Waals surface area contributed by atoms with Gasteiger partial charge in [0.25, 0.3) is 0 Å². The number of aromatic amines is 1. The fourth-order valence-corrected chi connectivity index (χ4v) is 3.99. The van der Waals surface area contributed by atoms with Gasteiger partial charge < -0.3 is 24.9 Å². The van der Waals surface area contributed by atoms with Crippen molar-refractivity contribution in [2.24, 2.45) is 5.92 Å². The van der Waals surface area contributed by atoms with E-state index in [9.17, 15) is 9.59 Å². The molecule has 0 atom stereocenters. The van der Waals surface area contributed by atoms with Gasteiger partial charge in [-0.15, -0.1) is 0 Å². The highest BCUT2D eigenvalue weighted by Gasteiger charge is 2.24. The second-order valence-electron chi connectivity index (χ2n) is 8.17. The number of nitrogens with two attached hydrogens (primary N) is 1. The van der Waals surface area contributed by atoms with E-state index in [0.717, 1.165) is 55.5 Å². The molecule has 0 spiro atoms. The number of anilines is 1. The lowest BCUT2D eigenvalue weighted by molar-refractivity contribution is -0.143. The molecular weight excluding hydrogens is 438 g/mol. The zero-order chi connectivity index (χ0) is 24.1. The maximum Gasteiger partial charge on any atom is 0.417 e. The lowest BCUT2D eigenvalue weighted by Crippen LogP contribution is -2.37. The van der Waals surface area contributed by atoms with Crippen LogP contribution in [0.4, 0.5) is 5.69 Å². The van der Waals surface area contributed by atoms with Crippen molar-refractivity contribution in [1.29, 1.82) is 0 Å². The molecule has 4 heterocycles. The lowest BCUT2D eigenvalue weighted by Gasteiger charge is -2.29. The number of nitrogens with one attached hydrogen (secondary N) is 1. The van der Waals surface area contributed by atoms with Gasteiger partial charge in [0.2, 0.25) is 5.88 Å². The molecule has 4 N–H and O–H groups in total. The summed E-state index contributed by atoms with van der Waals surface area (Å²) >= 11 is 0. The molecule has 4 aromatic rings. The molecule has 1 fully saturated rings. The number of nitrogen functional groups attached to an aromatic ring is 1. The van der Waals surface area contributed by atoms with Crippen molar-refractivity contribution in [3.8, 4) is 5.88 Å². The van der Waals surface area contributed by atoms with Gasteiger partial charge in [0.1, 0.15) is 5.52 Å². The first-order valence-electron chi connectivity index (χ1n) is 11.0. The van der Waals surface area contributed by atoms with E-state index in [1.165, 1.54) is 0 Å². The highest BCUT2D eigenvalue weighted by Crippen LogP contribution is 2.20. The lowest BCUT2D eigenvalue weighted by atomic mass is 9.97. The molecular formula is C24H27N5O5. The van der Waals surface area contributed by atoms with Gasteiger partial charge in [-0.2, -0.15) is 0 Å². The topological polar surface area (TPSA) is 148 Å². The zero-order valence-corrected chi connectivity index (χ0v) is 18.9. The van der Waals surface area contributed by atoms with Crippen molar-refractivity contribution in [2.45, 2.75) is 19.3 Å². The maximum absolute atomic E-state index is 11.1. The summed E-state index contributed by atoms with van der Waals surface area (Å²) in [6.07, 6.45) is 3.99. The number of hydrogen-bond donors (Lipinski definition) is 3. The molecule has 10 heteroatoms. The average Bonchev–Trinajstić information content (AvgIpc) is 3.22. The number of piperidine rings is 1. The van der Waals surface area contributed by atoms with E-state index in [1.54, 1.807) is 31.5 Å². The Labute approximate surface area is 195 Å². The Morgan fingerprint density at radius 2 is 2.06 bits per heavy atom. The zero-order valence-electron chi connectivity index (χ0n) is 18.9. The smallest absolute Gasteiger partial charge is 0.417 e. The van der Waals surface area contributed by atoms with Crippen LogP contribution < -0.4 is 16.2 Å². The minimum Gasteiger partial charge on any atom is -0.481 e. The third-order valence-corrected chi connectivity index (χ3v) is 5.94. The summed E-state index contributed by atoms with van der Waals surface area (Å²) in [6, 6.07) is 11.0. The number of rotatable bonds is 5. The van der Waals surface area contributed by atoms with Crippen LogP contribution in [0.2, 0.25) is 0 Å². The molecule has 178 valence electrons. The van der Waals surface area contributed by atoms with Crippen LogP contribution in [0.3, 0.4) is 0 Å². The number of carboxylic acid groups (broad SMARTS) is 1. The molecule has 3 aromatic heterocycles. The molecule has 0 amide bonds. The van der Waals surface area contributed by atoms with Gasteiger partial charge in [-0.1, -0.05) is 6.07 Å². The van der Waals surface area contributed by atoms with Gasteiger partial charge in [0, 0.05) is 18.8 Å². The molecule has 1 aliphatic heterocycles. The SMILES string of the molecule is COc1ccc2nccc(N)c2n1.O=C(O)C1CCN(CCc2ccc3oc(=O)[nH]c3c2)CC1. The molecule has 0 radical (unpaired) electrons. The van der Waals surface area contributed by atoms with E-state index in [4.69, 9.17) is 20.0 Å². The second kappa shape index (κ2) is 10.3. The van der Waals surface area contributed by atoms with E-state index in [0.29, 0.717) is 22.7 Å². The van der Waals surface area contributed by atoms with Crippen LogP contribution in [0.5, 0.6) is 5.88 Å². The van der Waals surface area contributed by atoms with Gasteiger partial charge in [-0.25, -0.2) is 9.78 Å². The van der Waals surface area contributed by atoms with Crippen LogP contribution in [0, 0.1) is 5.92 Å². The highest BCUT2D eigenvalue weighted by molar-refractivity contribution is 5.86. The van der Waals surface area contributed by atoms with E-state index >= 15 is 0 Å². The summed E-state index contributed by atoms with van der Waals surface area (Å²) in [4.78, 5) is 35.3. The fraction of sp³-hybridized carbons (Fsp3) is 0.333. The van der Waals surface area contributed by atoms with E-state index in [1.807, 2.05) is 18.2 Å². The average molecular weight is 466 g/mol. The number of benzene rings is 1. The third-order valence-electron chi connectivity index (χ3n) is 5.94. The van der Waals surface area contributed by atoms with Gasteiger partial charge >= 0.3 is 11.7 Å². The predicted molar refractivity (Wildman–Crippen MR) is 128 cm³/mol. The molecule has 0 unspecified atom stereocenters. The third kappa shape index (κ3) is 5.52. The van der Waals surface area contributed by atoms with E-state index in [2.05, 4.69) is 19.9 Å². The highest BCUT2D eigenvalue weighted by atomic mass is 16.5. The number of aliphatic carboxylic acids is 1. The summed E-state index contributed by atoms with van der Waals surface area (Å²) < 4.78 is 9.96. The Balaban J connectivity index is 0.000000180. The number of oxazole rings is 1. The monoisotopic (exact) mass is 465 g/mol. The standard InChI is InChI=1S/C15H18N2O4.C9H9N3O/c18-14(19)11-4-7-17(8-5-11)6-3-10-1-2-13-12(9-10)16-15(20)21-13;1-13-8-3-2-7-9(12-8)6(10)4-5-11-7/h1-2,9,11H,3-8H2,(H,16,20)(H,18,19);2-5H,1H3,(H2,10,11). The Bertz CT molecular complexity index is 1340. The molecule has 1 saturated heterocycles. The first kappa shape index (κ1) is 23.2. The van der Waals surface area contributed by atoms with Crippen molar-refractivity contribution in [1.82, 2.24) is 19.9 Å². The van der Waals surface area contributed by atoms with Crippen molar-refractivity contribution in [3.05, 3.63) is 58.7 Å². The summed E-state index contributed by atoms with van der Waals surface area (Å²) in [6.45, 7) is 2.57. The fourth-order valence-electron chi connectivity index (χ4n) is 3.99. The number of aromatic nitrogens is 3. The Kier molecular flexibility index (Phi) is 7.07. The molecule has 34 heavy (non-hydrogen) atoms. The van der Waals surface area contributed by atoms with Gasteiger partial charge in [0.15, 0.2) is 5.58 Å². The number of likely N-dealkylation sites (tertiary alicyclic amines) is 1. The summed E-state index contributed by atoms with van der Waals surface area (Å²) in [5.74, 6) is -0.747. The number of nitrogens with zero attached hydrogens (tertiary/aromatic N) is 3. The quantitative estimate of drug-likeness (QED) is 0.404. The normalized spacial score (nSPS) is 14.6. The van der Waals surface area contributed by atoms with E-state index < -0.39 is 11.7 Å². The van der Waals surface area contributed by atoms with E-state index in [-0.39, 0.29) is 5.92 Å². The molecule has 10 nitrogen and oxygen atoms in total. The van der Waals surface area contributed by atoms with Gasteiger partial charge in [-0.3, -0.25) is 14.8 Å². The molecule has 1 aromatic carbocycles. The van der Waals surface area contributed by atoms with Gasteiger partial charge in [0.05, 0.1) is 29.7 Å². The number of carboxylic acids is 1. The second-order valence-corrected chi connectivity index (χ2v) is 8.17. The van der Waals surface area contributed by atoms with Crippen LogP contribution in [0.15, 0.2) is 51.8 Å². The number of H-pyrrole nitrogens is 1. The molecule has 0 bridgehead atoms.